The van der Waals surface area contributed by atoms with E-state index in [1.807, 2.05) is 12.1 Å². The SMILES string of the molecule is CN(c1ccccc1)c1ccc(-c2ccc(N(C)c3ccc(-c4ccc(N(C)c5ccccc5)cc4)cc3)cc2)cc1. The Morgan fingerprint density at radius 2 is 0.429 bits per heavy atom. The third-order valence-electron chi connectivity index (χ3n) is 7.97. The number of benzene rings is 6. The van der Waals surface area contributed by atoms with Crippen LogP contribution in [0.1, 0.15) is 0 Å². The quantitative estimate of drug-likeness (QED) is 0.188. The van der Waals surface area contributed by atoms with Crippen LogP contribution in [0.15, 0.2) is 158 Å². The summed E-state index contributed by atoms with van der Waals surface area (Å²) in [5, 5.41) is 0. The number of nitrogens with zero attached hydrogens (tertiary/aromatic N) is 3. The van der Waals surface area contributed by atoms with Gasteiger partial charge in [0.15, 0.2) is 0 Å². The average Bonchev–Trinajstić information content (AvgIpc) is 3.08. The fraction of sp³-hybridized carbons (Fsp3) is 0.0769. The lowest BCUT2D eigenvalue weighted by molar-refractivity contribution is 1.21. The Labute approximate surface area is 249 Å². The first-order valence-corrected chi connectivity index (χ1v) is 14.3. The molecule has 0 amide bonds. The van der Waals surface area contributed by atoms with Crippen LogP contribution in [0.4, 0.5) is 34.1 Å². The van der Waals surface area contributed by atoms with Crippen molar-refractivity contribution in [3.05, 3.63) is 158 Å². The predicted molar refractivity (Wildman–Crippen MR) is 181 cm³/mol. The lowest BCUT2D eigenvalue weighted by Crippen LogP contribution is -2.09. The predicted octanol–water partition coefficient (Wildman–Crippen LogP) is 10.3. The highest BCUT2D eigenvalue weighted by molar-refractivity contribution is 5.74. The van der Waals surface area contributed by atoms with Crippen molar-refractivity contribution < 1.29 is 0 Å². The molecule has 0 aliphatic rings. The molecule has 0 saturated heterocycles. The van der Waals surface area contributed by atoms with Gasteiger partial charge in [0, 0.05) is 55.3 Å². The maximum Gasteiger partial charge on any atom is 0.0408 e. The van der Waals surface area contributed by atoms with E-state index in [9.17, 15) is 0 Å². The van der Waals surface area contributed by atoms with Gasteiger partial charge in [0.25, 0.3) is 0 Å². The molecule has 206 valence electrons. The third kappa shape index (κ3) is 5.77. The highest BCUT2D eigenvalue weighted by Gasteiger charge is 2.09. The van der Waals surface area contributed by atoms with E-state index in [0.29, 0.717) is 0 Å². The molecule has 0 unspecified atom stereocenters. The lowest BCUT2D eigenvalue weighted by Gasteiger charge is -2.21. The van der Waals surface area contributed by atoms with Gasteiger partial charge in [-0.15, -0.1) is 0 Å². The summed E-state index contributed by atoms with van der Waals surface area (Å²) in [4.78, 5) is 6.63. The minimum Gasteiger partial charge on any atom is -0.345 e. The van der Waals surface area contributed by atoms with Crippen molar-refractivity contribution in [3.8, 4) is 22.3 Å². The Hall–Kier alpha value is -5.28. The third-order valence-corrected chi connectivity index (χ3v) is 7.97. The van der Waals surface area contributed by atoms with Crippen LogP contribution < -0.4 is 14.7 Å². The van der Waals surface area contributed by atoms with Gasteiger partial charge in [-0.3, -0.25) is 0 Å². The van der Waals surface area contributed by atoms with Gasteiger partial charge in [0.05, 0.1) is 0 Å². The van der Waals surface area contributed by atoms with Gasteiger partial charge in [-0.25, -0.2) is 0 Å². The van der Waals surface area contributed by atoms with Gasteiger partial charge < -0.3 is 14.7 Å². The molecule has 42 heavy (non-hydrogen) atoms. The number of rotatable bonds is 8. The van der Waals surface area contributed by atoms with Crippen LogP contribution in [0.2, 0.25) is 0 Å². The molecule has 0 N–H and O–H groups in total. The molecule has 6 rings (SSSR count). The maximum atomic E-state index is 2.23. The average molecular weight is 546 g/mol. The smallest absolute Gasteiger partial charge is 0.0408 e. The zero-order chi connectivity index (χ0) is 28.9. The van der Waals surface area contributed by atoms with Crippen molar-refractivity contribution in [1.29, 1.82) is 0 Å². The van der Waals surface area contributed by atoms with Crippen molar-refractivity contribution in [2.75, 3.05) is 35.8 Å². The minimum atomic E-state index is 1.15. The van der Waals surface area contributed by atoms with Crippen molar-refractivity contribution in [3.63, 3.8) is 0 Å². The molecule has 0 radical (unpaired) electrons. The summed E-state index contributed by atoms with van der Waals surface area (Å²) in [5.74, 6) is 0. The van der Waals surface area contributed by atoms with E-state index in [4.69, 9.17) is 0 Å². The first kappa shape index (κ1) is 26.9. The fourth-order valence-corrected chi connectivity index (χ4v) is 5.26. The molecule has 0 atom stereocenters. The zero-order valence-corrected chi connectivity index (χ0v) is 24.4. The first-order chi connectivity index (χ1) is 20.6. The van der Waals surface area contributed by atoms with Crippen LogP contribution in [0.25, 0.3) is 22.3 Å². The van der Waals surface area contributed by atoms with E-state index >= 15 is 0 Å². The van der Waals surface area contributed by atoms with Crippen molar-refractivity contribution >= 4 is 34.1 Å². The number of hydrogen-bond donors (Lipinski definition) is 0. The van der Waals surface area contributed by atoms with Gasteiger partial charge in [-0.05, 0) is 95.1 Å². The summed E-state index contributed by atoms with van der Waals surface area (Å²) < 4.78 is 0. The molecule has 3 nitrogen and oxygen atoms in total. The molecule has 0 aliphatic carbocycles. The molecule has 3 heteroatoms. The summed E-state index contributed by atoms with van der Waals surface area (Å²) in [7, 11) is 6.32. The van der Waals surface area contributed by atoms with Crippen LogP contribution in [0, 0.1) is 0 Å². The van der Waals surface area contributed by atoms with Gasteiger partial charge >= 0.3 is 0 Å². The molecule has 0 saturated carbocycles. The van der Waals surface area contributed by atoms with Crippen molar-refractivity contribution in [1.82, 2.24) is 0 Å². The largest absolute Gasteiger partial charge is 0.345 e. The Balaban J connectivity index is 1.11. The monoisotopic (exact) mass is 545 g/mol. The van der Waals surface area contributed by atoms with Crippen LogP contribution in [0.5, 0.6) is 0 Å². The normalized spacial score (nSPS) is 10.7. The summed E-state index contributed by atoms with van der Waals surface area (Å²) in [6.07, 6.45) is 0. The van der Waals surface area contributed by atoms with E-state index in [1.54, 1.807) is 0 Å². The Morgan fingerprint density at radius 3 is 0.643 bits per heavy atom. The van der Waals surface area contributed by atoms with Crippen LogP contribution >= 0.6 is 0 Å². The Kier molecular flexibility index (Phi) is 7.74. The van der Waals surface area contributed by atoms with E-state index in [0.717, 1.165) is 11.4 Å². The number of anilines is 6. The summed E-state index contributed by atoms with van der Waals surface area (Å²) in [6.45, 7) is 0. The van der Waals surface area contributed by atoms with E-state index in [-0.39, 0.29) is 0 Å². The molecule has 0 bridgehead atoms. The van der Waals surface area contributed by atoms with Crippen molar-refractivity contribution in [2.45, 2.75) is 0 Å². The van der Waals surface area contributed by atoms with E-state index in [1.165, 1.54) is 45.0 Å². The second-order valence-corrected chi connectivity index (χ2v) is 10.5. The van der Waals surface area contributed by atoms with Gasteiger partial charge in [0.1, 0.15) is 0 Å². The maximum absolute atomic E-state index is 2.23. The fourth-order valence-electron chi connectivity index (χ4n) is 5.26. The van der Waals surface area contributed by atoms with Gasteiger partial charge in [-0.2, -0.15) is 0 Å². The number of hydrogen-bond acceptors (Lipinski definition) is 3. The summed E-state index contributed by atoms with van der Waals surface area (Å²) in [6, 6.07) is 55.9. The van der Waals surface area contributed by atoms with Crippen LogP contribution in [-0.4, -0.2) is 21.1 Å². The molecule has 0 aromatic heterocycles. The summed E-state index contributed by atoms with van der Waals surface area (Å²) >= 11 is 0. The topological polar surface area (TPSA) is 9.72 Å². The standard InChI is InChI=1S/C39H35N3/c1-40(34-10-6-4-7-11-34)36-22-14-30(15-23-36)32-18-26-38(27-19-32)42(3)39-28-20-33(21-29-39)31-16-24-37(25-17-31)41(2)35-12-8-5-9-13-35/h4-29H,1-3H3. The highest BCUT2D eigenvalue weighted by atomic mass is 15.1. The second-order valence-electron chi connectivity index (χ2n) is 10.5. The molecule has 0 aliphatic heterocycles. The van der Waals surface area contributed by atoms with Crippen LogP contribution in [-0.2, 0) is 0 Å². The van der Waals surface area contributed by atoms with E-state index in [2.05, 4.69) is 181 Å². The summed E-state index contributed by atoms with van der Waals surface area (Å²) in [5.41, 5.74) is 11.8. The molecule has 6 aromatic carbocycles. The Bertz CT molecular complexity index is 1580. The highest BCUT2D eigenvalue weighted by Crippen LogP contribution is 2.32. The van der Waals surface area contributed by atoms with Gasteiger partial charge in [0.2, 0.25) is 0 Å². The molecular formula is C39H35N3. The molecular weight excluding hydrogens is 510 g/mol. The second kappa shape index (κ2) is 12.1. The molecule has 0 heterocycles. The van der Waals surface area contributed by atoms with Gasteiger partial charge in [-0.1, -0.05) is 84.9 Å². The van der Waals surface area contributed by atoms with Crippen LogP contribution in [0.3, 0.4) is 0 Å². The zero-order valence-electron chi connectivity index (χ0n) is 24.4. The minimum absolute atomic E-state index is 1.15. The molecule has 6 aromatic rings. The van der Waals surface area contributed by atoms with Crippen molar-refractivity contribution in [2.24, 2.45) is 0 Å². The Morgan fingerprint density at radius 1 is 0.238 bits per heavy atom. The molecule has 0 spiro atoms. The number of para-hydroxylation sites is 2. The lowest BCUT2D eigenvalue weighted by atomic mass is 10.0. The molecule has 0 fully saturated rings. The van der Waals surface area contributed by atoms with E-state index < -0.39 is 0 Å². The first-order valence-electron chi connectivity index (χ1n) is 14.3.